The summed E-state index contributed by atoms with van der Waals surface area (Å²) in [5.74, 6) is -0.0357. The largest absolute Gasteiger partial charge is 0.394 e. The summed E-state index contributed by atoms with van der Waals surface area (Å²) in [6.45, 7) is 5.24. The number of aliphatic hydroxyl groups excluding tert-OH is 1. The standard InChI is InChI=1S/C8H15NO2/c1-3-4-5-8(11)9-7(2)6-10/h3,7,10H,1,4-6H2,2H3,(H,9,11)/t7-/m1/s1. The van der Waals surface area contributed by atoms with Gasteiger partial charge in [-0.3, -0.25) is 4.79 Å². The highest BCUT2D eigenvalue weighted by atomic mass is 16.3. The van der Waals surface area contributed by atoms with Crippen molar-refractivity contribution in [3.63, 3.8) is 0 Å². The zero-order valence-electron chi connectivity index (χ0n) is 6.84. The van der Waals surface area contributed by atoms with Crippen LogP contribution in [-0.4, -0.2) is 23.7 Å². The number of hydrogen-bond donors (Lipinski definition) is 2. The first-order valence-corrected chi connectivity index (χ1v) is 3.71. The van der Waals surface area contributed by atoms with Crippen molar-refractivity contribution < 1.29 is 9.90 Å². The molecule has 1 atom stereocenters. The van der Waals surface area contributed by atoms with E-state index in [9.17, 15) is 4.79 Å². The molecule has 0 bridgehead atoms. The van der Waals surface area contributed by atoms with Crippen LogP contribution in [0, 0.1) is 0 Å². The summed E-state index contributed by atoms with van der Waals surface area (Å²) < 4.78 is 0. The Kier molecular flexibility index (Phi) is 5.47. The van der Waals surface area contributed by atoms with Gasteiger partial charge in [-0.25, -0.2) is 0 Å². The summed E-state index contributed by atoms with van der Waals surface area (Å²) in [4.78, 5) is 10.9. The Balaban J connectivity index is 3.43. The molecule has 0 radical (unpaired) electrons. The van der Waals surface area contributed by atoms with Crippen LogP contribution < -0.4 is 5.32 Å². The molecule has 1 amide bonds. The van der Waals surface area contributed by atoms with E-state index in [1.807, 2.05) is 0 Å². The van der Waals surface area contributed by atoms with Gasteiger partial charge in [-0.1, -0.05) is 6.08 Å². The zero-order chi connectivity index (χ0) is 8.69. The van der Waals surface area contributed by atoms with Crippen LogP contribution >= 0.6 is 0 Å². The van der Waals surface area contributed by atoms with Gasteiger partial charge in [-0.05, 0) is 13.3 Å². The maximum absolute atomic E-state index is 10.9. The average Bonchev–Trinajstić information content (AvgIpc) is 2.00. The van der Waals surface area contributed by atoms with Gasteiger partial charge in [-0.15, -0.1) is 6.58 Å². The van der Waals surface area contributed by atoms with Gasteiger partial charge in [-0.2, -0.15) is 0 Å². The molecule has 64 valence electrons. The molecule has 0 saturated heterocycles. The van der Waals surface area contributed by atoms with E-state index in [4.69, 9.17) is 5.11 Å². The van der Waals surface area contributed by atoms with E-state index in [0.29, 0.717) is 12.8 Å². The molecule has 0 aromatic rings. The second-order valence-electron chi connectivity index (χ2n) is 2.48. The first kappa shape index (κ1) is 10.2. The molecule has 2 N–H and O–H groups in total. The molecule has 0 spiro atoms. The minimum absolute atomic E-state index is 0.0141. The summed E-state index contributed by atoms with van der Waals surface area (Å²) in [6, 6.07) is -0.146. The topological polar surface area (TPSA) is 49.3 Å². The molecule has 3 heteroatoms. The lowest BCUT2D eigenvalue weighted by Gasteiger charge is -2.09. The van der Waals surface area contributed by atoms with Crippen molar-refractivity contribution in [2.75, 3.05) is 6.61 Å². The van der Waals surface area contributed by atoms with Gasteiger partial charge in [0, 0.05) is 12.5 Å². The highest BCUT2D eigenvalue weighted by Gasteiger charge is 2.03. The predicted octanol–water partition coefficient (Wildman–Crippen LogP) is 0.450. The molecule has 0 fully saturated rings. The van der Waals surface area contributed by atoms with Crippen LogP contribution in [0.4, 0.5) is 0 Å². The molecular formula is C8H15NO2. The Hall–Kier alpha value is -0.830. The number of hydrogen-bond acceptors (Lipinski definition) is 2. The molecule has 0 aliphatic heterocycles. The summed E-state index contributed by atoms with van der Waals surface area (Å²) in [7, 11) is 0. The fourth-order valence-corrected chi connectivity index (χ4v) is 0.626. The Labute approximate surface area is 67.1 Å². The van der Waals surface area contributed by atoms with Gasteiger partial charge >= 0.3 is 0 Å². The molecule has 0 aliphatic carbocycles. The Bertz CT molecular complexity index is 134. The Morgan fingerprint density at radius 2 is 2.45 bits per heavy atom. The molecule has 3 nitrogen and oxygen atoms in total. The third-order valence-corrected chi connectivity index (χ3v) is 1.26. The summed E-state index contributed by atoms with van der Waals surface area (Å²) in [5, 5.41) is 11.2. The van der Waals surface area contributed by atoms with Gasteiger partial charge in [0.2, 0.25) is 5.91 Å². The van der Waals surface area contributed by atoms with Crippen molar-refractivity contribution >= 4 is 5.91 Å². The van der Waals surface area contributed by atoms with Crippen molar-refractivity contribution in [3.05, 3.63) is 12.7 Å². The fourth-order valence-electron chi connectivity index (χ4n) is 0.626. The third kappa shape index (κ3) is 5.61. The minimum atomic E-state index is -0.146. The van der Waals surface area contributed by atoms with Gasteiger partial charge in [0.25, 0.3) is 0 Å². The monoisotopic (exact) mass is 157 g/mol. The second kappa shape index (κ2) is 5.92. The van der Waals surface area contributed by atoms with Crippen LogP contribution in [0.15, 0.2) is 12.7 Å². The van der Waals surface area contributed by atoms with E-state index in [2.05, 4.69) is 11.9 Å². The molecule has 0 heterocycles. The lowest BCUT2D eigenvalue weighted by atomic mass is 10.2. The van der Waals surface area contributed by atoms with E-state index in [0.717, 1.165) is 0 Å². The van der Waals surface area contributed by atoms with Crippen LogP contribution in [0.3, 0.4) is 0 Å². The SMILES string of the molecule is C=CCCC(=O)N[C@H](C)CO. The van der Waals surface area contributed by atoms with E-state index >= 15 is 0 Å². The molecule has 0 aliphatic rings. The van der Waals surface area contributed by atoms with Crippen molar-refractivity contribution in [1.29, 1.82) is 0 Å². The first-order chi connectivity index (χ1) is 5.20. The van der Waals surface area contributed by atoms with E-state index in [-0.39, 0.29) is 18.6 Å². The quantitative estimate of drug-likeness (QED) is 0.569. The maximum atomic E-state index is 10.9. The van der Waals surface area contributed by atoms with Crippen LogP contribution in [0.25, 0.3) is 0 Å². The van der Waals surface area contributed by atoms with E-state index in [1.165, 1.54) is 0 Å². The number of carbonyl (C=O) groups excluding carboxylic acids is 1. The predicted molar refractivity (Wildman–Crippen MR) is 44.1 cm³/mol. The summed E-state index contributed by atoms with van der Waals surface area (Å²) >= 11 is 0. The van der Waals surface area contributed by atoms with E-state index in [1.54, 1.807) is 13.0 Å². The number of allylic oxidation sites excluding steroid dienone is 1. The second-order valence-corrected chi connectivity index (χ2v) is 2.48. The van der Waals surface area contributed by atoms with Gasteiger partial charge in [0.05, 0.1) is 6.61 Å². The van der Waals surface area contributed by atoms with Crippen molar-refractivity contribution in [1.82, 2.24) is 5.32 Å². The lowest BCUT2D eigenvalue weighted by Crippen LogP contribution is -2.34. The normalized spacial score (nSPS) is 12.2. The van der Waals surface area contributed by atoms with Crippen LogP contribution in [0.1, 0.15) is 19.8 Å². The third-order valence-electron chi connectivity index (χ3n) is 1.26. The molecule has 11 heavy (non-hydrogen) atoms. The smallest absolute Gasteiger partial charge is 0.220 e. The number of amides is 1. The number of aliphatic hydroxyl groups is 1. The van der Waals surface area contributed by atoms with Crippen molar-refractivity contribution in [2.24, 2.45) is 0 Å². The molecule has 0 unspecified atom stereocenters. The zero-order valence-corrected chi connectivity index (χ0v) is 6.84. The van der Waals surface area contributed by atoms with E-state index < -0.39 is 0 Å². The lowest BCUT2D eigenvalue weighted by molar-refractivity contribution is -0.121. The molecule has 0 aromatic carbocycles. The first-order valence-electron chi connectivity index (χ1n) is 3.71. The number of rotatable bonds is 5. The molecular weight excluding hydrogens is 142 g/mol. The molecule has 0 saturated carbocycles. The maximum Gasteiger partial charge on any atom is 0.220 e. The van der Waals surface area contributed by atoms with Crippen LogP contribution in [-0.2, 0) is 4.79 Å². The van der Waals surface area contributed by atoms with Crippen molar-refractivity contribution in [3.8, 4) is 0 Å². The number of nitrogens with one attached hydrogen (secondary N) is 1. The molecule has 0 rings (SSSR count). The fraction of sp³-hybridized carbons (Fsp3) is 0.625. The number of carbonyl (C=O) groups is 1. The van der Waals surface area contributed by atoms with Gasteiger partial charge in [0.15, 0.2) is 0 Å². The molecule has 0 aromatic heterocycles. The van der Waals surface area contributed by atoms with Gasteiger partial charge in [0.1, 0.15) is 0 Å². The Morgan fingerprint density at radius 3 is 2.91 bits per heavy atom. The Morgan fingerprint density at radius 1 is 1.82 bits per heavy atom. The minimum Gasteiger partial charge on any atom is -0.394 e. The average molecular weight is 157 g/mol. The summed E-state index contributed by atoms with van der Waals surface area (Å²) in [6.07, 6.45) is 2.83. The summed E-state index contributed by atoms with van der Waals surface area (Å²) in [5.41, 5.74) is 0. The van der Waals surface area contributed by atoms with Gasteiger partial charge < -0.3 is 10.4 Å². The van der Waals surface area contributed by atoms with Crippen LogP contribution in [0.5, 0.6) is 0 Å². The highest BCUT2D eigenvalue weighted by molar-refractivity contribution is 5.76. The highest BCUT2D eigenvalue weighted by Crippen LogP contribution is 1.90. The van der Waals surface area contributed by atoms with Crippen LogP contribution in [0.2, 0.25) is 0 Å². The van der Waals surface area contributed by atoms with Crippen molar-refractivity contribution in [2.45, 2.75) is 25.8 Å².